The molecule has 7 atom stereocenters. The minimum Gasteiger partial charge on any atom is -0.393 e. The number of ketones is 1. The van der Waals surface area contributed by atoms with Crippen LogP contribution in [0.15, 0.2) is 11.6 Å². The molecule has 0 aromatic carbocycles. The fourth-order valence-corrected chi connectivity index (χ4v) is 6.92. The Morgan fingerprint density at radius 1 is 1.17 bits per heavy atom. The van der Waals surface area contributed by atoms with E-state index in [4.69, 9.17) is 0 Å². The highest BCUT2D eigenvalue weighted by Crippen LogP contribution is 2.63. The number of hydrogen-bond donors (Lipinski definition) is 1. The summed E-state index contributed by atoms with van der Waals surface area (Å²) in [5.74, 6) is 3.87. The van der Waals surface area contributed by atoms with E-state index < -0.39 is 0 Å². The Bertz CT molecular complexity index is 514. The number of alkyl halides is 1. The number of Topliss-reactive ketones (excluding diaryl/α,β-unsaturated/α-hetero) is 1. The summed E-state index contributed by atoms with van der Waals surface area (Å²) in [6, 6.07) is 0. The van der Waals surface area contributed by atoms with E-state index in [1.54, 1.807) is 5.57 Å². The molecular weight excluding hydrogens is 303 g/mol. The molecule has 3 heteroatoms. The van der Waals surface area contributed by atoms with Crippen molar-refractivity contribution in [3.8, 4) is 0 Å². The zero-order chi connectivity index (χ0) is 17.5. The third kappa shape index (κ3) is 2.77. The Balaban J connectivity index is 0.000000815. The highest BCUT2D eigenvalue weighted by atomic mass is 19.1. The largest absolute Gasteiger partial charge is 0.393 e. The first kappa shape index (κ1) is 18.1. The second kappa shape index (κ2) is 6.90. The number of halogens is 1. The lowest BCUT2D eigenvalue weighted by Crippen LogP contribution is -2.47. The molecule has 0 heterocycles. The molecule has 0 saturated heterocycles. The number of allylic oxidation sites excluding steroid dienone is 1. The molecule has 4 rings (SSSR count). The molecule has 0 bridgehead atoms. The summed E-state index contributed by atoms with van der Waals surface area (Å²) in [4.78, 5) is 12.1. The topological polar surface area (TPSA) is 37.3 Å². The van der Waals surface area contributed by atoms with Gasteiger partial charge in [0.25, 0.3) is 0 Å². The van der Waals surface area contributed by atoms with Crippen LogP contribution < -0.4 is 0 Å². The molecule has 4 aliphatic rings. The molecule has 24 heavy (non-hydrogen) atoms. The van der Waals surface area contributed by atoms with Crippen molar-refractivity contribution in [3.63, 3.8) is 0 Å². The predicted octanol–water partition coefficient (Wildman–Crippen LogP) is 4.71. The van der Waals surface area contributed by atoms with Crippen LogP contribution in [0.2, 0.25) is 0 Å². The van der Waals surface area contributed by atoms with E-state index in [1.165, 1.54) is 32.1 Å². The lowest BCUT2D eigenvalue weighted by molar-refractivity contribution is -0.126. The maximum absolute atomic E-state index is 12.1. The van der Waals surface area contributed by atoms with E-state index in [1.807, 2.05) is 6.92 Å². The quantitative estimate of drug-likeness (QED) is 0.704. The first-order chi connectivity index (χ1) is 11.5. The molecule has 2 nitrogen and oxygen atoms in total. The van der Waals surface area contributed by atoms with E-state index in [9.17, 15) is 14.3 Å². The SMILES string of the molecule is CC(=O)C1CCC2C3CC=C4CC(O)CCC4C3CCC12C.CF. The van der Waals surface area contributed by atoms with Gasteiger partial charge in [-0.3, -0.25) is 9.18 Å². The number of carbonyl (C=O) groups excluding carboxylic acids is 1. The van der Waals surface area contributed by atoms with E-state index in [2.05, 4.69) is 13.0 Å². The van der Waals surface area contributed by atoms with Crippen molar-refractivity contribution in [2.75, 3.05) is 7.18 Å². The average Bonchev–Trinajstić information content (AvgIpc) is 2.93. The molecule has 0 aromatic rings. The van der Waals surface area contributed by atoms with Crippen LogP contribution in [0.25, 0.3) is 0 Å². The van der Waals surface area contributed by atoms with E-state index >= 15 is 0 Å². The van der Waals surface area contributed by atoms with Crippen LogP contribution in [-0.2, 0) is 4.79 Å². The highest BCUT2D eigenvalue weighted by Gasteiger charge is 2.56. The van der Waals surface area contributed by atoms with Gasteiger partial charge in [0.15, 0.2) is 0 Å². The van der Waals surface area contributed by atoms with Gasteiger partial charge in [0.2, 0.25) is 0 Å². The van der Waals surface area contributed by atoms with Crippen molar-refractivity contribution in [1.29, 1.82) is 0 Å². The van der Waals surface area contributed by atoms with Gasteiger partial charge in [-0.05, 0) is 87.4 Å². The molecule has 4 aliphatic carbocycles. The standard InChI is InChI=1S/C20H30O2.CH3F/c1-12(21)18-7-8-19-17-5-3-13-11-14(22)4-6-15(13)16(17)9-10-20(18,19)2;1-2/h3,14-19,22H,4-11H2,1-2H3;1H3. The molecule has 0 aromatic heterocycles. The maximum Gasteiger partial charge on any atom is 0.133 e. The molecule has 3 fully saturated rings. The Morgan fingerprint density at radius 3 is 2.62 bits per heavy atom. The minimum absolute atomic E-state index is 0.0959. The van der Waals surface area contributed by atoms with Crippen LogP contribution in [0.4, 0.5) is 4.39 Å². The smallest absolute Gasteiger partial charge is 0.133 e. The predicted molar refractivity (Wildman–Crippen MR) is 94.3 cm³/mol. The summed E-state index contributed by atoms with van der Waals surface area (Å²) in [5.41, 5.74) is 1.83. The Kier molecular flexibility index (Phi) is 5.20. The van der Waals surface area contributed by atoms with E-state index in [0.29, 0.717) is 18.9 Å². The average molecular weight is 336 g/mol. The molecule has 0 radical (unpaired) electrons. The van der Waals surface area contributed by atoms with Gasteiger partial charge in [0.05, 0.1) is 13.3 Å². The van der Waals surface area contributed by atoms with Crippen LogP contribution in [0.3, 0.4) is 0 Å². The Morgan fingerprint density at radius 2 is 1.92 bits per heavy atom. The molecule has 3 saturated carbocycles. The minimum atomic E-state index is -0.0959. The fraction of sp³-hybridized carbons (Fsp3) is 0.857. The molecule has 1 N–H and O–H groups in total. The van der Waals surface area contributed by atoms with Gasteiger partial charge < -0.3 is 5.11 Å². The first-order valence-corrected chi connectivity index (χ1v) is 9.76. The number of aliphatic hydroxyl groups is 1. The Hall–Kier alpha value is -0.700. The molecule has 0 aliphatic heterocycles. The summed E-state index contributed by atoms with van der Waals surface area (Å²) >= 11 is 0. The second-order valence-corrected chi connectivity index (χ2v) is 8.78. The van der Waals surface area contributed by atoms with Crippen LogP contribution in [0.1, 0.15) is 65.2 Å². The van der Waals surface area contributed by atoms with Gasteiger partial charge >= 0.3 is 0 Å². The van der Waals surface area contributed by atoms with E-state index in [-0.39, 0.29) is 11.5 Å². The zero-order valence-electron chi connectivity index (χ0n) is 15.4. The molecule has 0 spiro atoms. The van der Waals surface area contributed by atoms with Crippen molar-refractivity contribution in [2.45, 2.75) is 71.3 Å². The summed E-state index contributed by atoms with van der Waals surface area (Å²) in [7, 11) is 0.500. The summed E-state index contributed by atoms with van der Waals surface area (Å²) < 4.78 is 9.50. The molecule has 0 amide bonds. The third-order valence-corrected chi connectivity index (χ3v) is 7.91. The van der Waals surface area contributed by atoms with Crippen molar-refractivity contribution >= 4 is 5.78 Å². The van der Waals surface area contributed by atoms with Crippen molar-refractivity contribution in [1.82, 2.24) is 0 Å². The monoisotopic (exact) mass is 336 g/mol. The van der Waals surface area contributed by atoms with Crippen molar-refractivity contribution < 1.29 is 14.3 Å². The second-order valence-electron chi connectivity index (χ2n) is 8.78. The zero-order valence-corrected chi connectivity index (χ0v) is 15.4. The summed E-state index contributed by atoms with van der Waals surface area (Å²) in [5, 5.41) is 9.95. The maximum atomic E-state index is 12.1. The molecule has 136 valence electrons. The lowest BCUT2D eigenvalue weighted by atomic mass is 9.51. The van der Waals surface area contributed by atoms with Gasteiger partial charge in [0, 0.05) is 5.92 Å². The van der Waals surface area contributed by atoms with E-state index in [0.717, 1.165) is 42.9 Å². The number of fused-ring (bicyclic) bond motifs is 5. The fourth-order valence-electron chi connectivity index (χ4n) is 6.92. The highest BCUT2D eigenvalue weighted by molar-refractivity contribution is 5.79. The van der Waals surface area contributed by atoms with Gasteiger partial charge in [0.1, 0.15) is 5.78 Å². The van der Waals surface area contributed by atoms with Gasteiger partial charge in [-0.2, -0.15) is 0 Å². The van der Waals surface area contributed by atoms with Gasteiger partial charge in [-0.15, -0.1) is 0 Å². The van der Waals surface area contributed by atoms with Gasteiger partial charge in [-0.25, -0.2) is 0 Å². The van der Waals surface area contributed by atoms with Crippen LogP contribution in [0, 0.1) is 35.0 Å². The van der Waals surface area contributed by atoms with Crippen LogP contribution in [-0.4, -0.2) is 24.2 Å². The molecular formula is C21H33FO2. The molecule has 7 unspecified atom stereocenters. The van der Waals surface area contributed by atoms with Crippen LogP contribution in [0.5, 0.6) is 0 Å². The van der Waals surface area contributed by atoms with Crippen molar-refractivity contribution in [2.24, 2.45) is 35.0 Å². The number of aliphatic hydroxyl groups excluding tert-OH is 1. The number of carbonyl (C=O) groups is 1. The summed E-state index contributed by atoms with van der Waals surface area (Å²) in [6.07, 6.45) is 11.6. The Labute approximate surface area is 145 Å². The van der Waals surface area contributed by atoms with Crippen molar-refractivity contribution in [3.05, 3.63) is 11.6 Å². The normalized spacial score (nSPS) is 46.6. The third-order valence-electron chi connectivity index (χ3n) is 7.91. The summed E-state index contributed by atoms with van der Waals surface area (Å²) in [6.45, 7) is 4.22. The number of hydrogen-bond acceptors (Lipinski definition) is 2. The van der Waals surface area contributed by atoms with Gasteiger partial charge in [-0.1, -0.05) is 18.6 Å². The first-order valence-electron chi connectivity index (χ1n) is 9.76. The van der Waals surface area contributed by atoms with Crippen LogP contribution >= 0.6 is 0 Å². The number of rotatable bonds is 1. The lowest BCUT2D eigenvalue weighted by Gasteiger charge is -2.53.